The minimum Gasteiger partial charge on any atom is -0.372 e. The molecule has 2 aromatic carbocycles. The molecule has 0 bridgehead atoms. The lowest BCUT2D eigenvalue weighted by atomic mass is 10.1. The van der Waals surface area contributed by atoms with Gasteiger partial charge >= 0.3 is 6.03 Å². The number of amides is 4. The van der Waals surface area contributed by atoms with Gasteiger partial charge in [0.15, 0.2) is 0 Å². The molecule has 0 saturated carbocycles. The van der Waals surface area contributed by atoms with Crippen molar-refractivity contribution in [3.63, 3.8) is 0 Å². The van der Waals surface area contributed by atoms with Crippen molar-refractivity contribution in [2.45, 2.75) is 37.1 Å². The maximum Gasteiger partial charge on any atom is 0.322 e. The number of hydrogen-bond acceptors (Lipinski definition) is 5. The fourth-order valence-corrected chi connectivity index (χ4v) is 4.97. The summed E-state index contributed by atoms with van der Waals surface area (Å²) in [7, 11) is 0. The van der Waals surface area contributed by atoms with Gasteiger partial charge in [0.1, 0.15) is 5.54 Å². The Kier molecular flexibility index (Phi) is 5.91. The third-order valence-corrected chi connectivity index (χ3v) is 7.08. The van der Waals surface area contributed by atoms with Gasteiger partial charge in [-0.25, -0.2) is 4.79 Å². The van der Waals surface area contributed by atoms with Crippen molar-refractivity contribution in [2.75, 3.05) is 29.1 Å². The van der Waals surface area contributed by atoms with Crippen LogP contribution >= 0.6 is 11.8 Å². The standard InChI is InChI=1S/C23H26N4O3S/c1-15-13-16(27-11-5-6-12-27)9-10-18(15)24-20(28)17-7-3-4-8-19(17)31-14-23(2)21(29)25-22(30)26-23/h3-4,7-10,13H,5-6,11-12,14H2,1-2H3,(H,24,28)(H2,25,26,29,30)/t23-/m0/s1. The van der Waals surface area contributed by atoms with Crippen LogP contribution in [0.15, 0.2) is 47.4 Å². The molecule has 2 aliphatic rings. The van der Waals surface area contributed by atoms with Gasteiger partial charge in [0.2, 0.25) is 0 Å². The minimum absolute atomic E-state index is 0.204. The van der Waals surface area contributed by atoms with Crippen molar-refractivity contribution in [3.05, 3.63) is 53.6 Å². The van der Waals surface area contributed by atoms with E-state index in [1.807, 2.05) is 31.2 Å². The Bertz CT molecular complexity index is 1040. The Hall–Kier alpha value is -3.00. The van der Waals surface area contributed by atoms with Gasteiger partial charge in [-0.15, -0.1) is 11.8 Å². The SMILES string of the molecule is Cc1cc(N2CCCC2)ccc1NC(=O)c1ccccc1SC[C@]1(C)NC(=O)NC1=O. The van der Waals surface area contributed by atoms with E-state index in [9.17, 15) is 14.4 Å². The molecule has 31 heavy (non-hydrogen) atoms. The van der Waals surface area contributed by atoms with E-state index >= 15 is 0 Å². The number of hydrogen-bond donors (Lipinski definition) is 3. The average Bonchev–Trinajstić information content (AvgIpc) is 3.36. The first-order chi connectivity index (χ1) is 14.9. The Morgan fingerprint density at radius 1 is 1.16 bits per heavy atom. The molecule has 0 spiro atoms. The number of carbonyl (C=O) groups excluding carboxylic acids is 3. The second-order valence-electron chi connectivity index (χ2n) is 8.17. The number of urea groups is 1. The highest BCUT2D eigenvalue weighted by atomic mass is 32.2. The zero-order chi connectivity index (χ0) is 22.0. The van der Waals surface area contributed by atoms with Crippen LogP contribution in [0, 0.1) is 6.92 Å². The predicted molar refractivity (Wildman–Crippen MR) is 123 cm³/mol. The Balaban J connectivity index is 1.47. The molecule has 4 amide bonds. The summed E-state index contributed by atoms with van der Waals surface area (Å²) >= 11 is 1.37. The zero-order valence-electron chi connectivity index (χ0n) is 17.7. The third-order valence-electron chi connectivity index (χ3n) is 5.70. The van der Waals surface area contributed by atoms with E-state index in [0.717, 1.165) is 29.2 Å². The van der Waals surface area contributed by atoms with Crippen molar-refractivity contribution in [3.8, 4) is 0 Å². The van der Waals surface area contributed by atoms with Crippen LogP contribution in [0.2, 0.25) is 0 Å². The highest BCUT2D eigenvalue weighted by molar-refractivity contribution is 7.99. The van der Waals surface area contributed by atoms with Crippen LogP contribution in [-0.4, -0.2) is 42.2 Å². The summed E-state index contributed by atoms with van der Waals surface area (Å²) in [5.41, 5.74) is 2.51. The average molecular weight is 439 g/mol. The monoisotopic (exact) mass is 438 g/mol. The van der Waals surface area contributed by atoms with Gasteiger partial charge in [-0.2, -0.15) is 0 Å². The van der Waals surface area contributed by atoms with E-state index in [1.54, 1.807) is 13.0 Å². The molecule has 2 aliphatic heterocycles. The molecule has 7 nitrogen and oxygen atoms in total. The number of aryl methyl sites for hydroxylation is 1. The summed E-state index contributed by atoms with van der Waals surface area (Å²) in [6.45, 7) is 5.83. The molecular formula is C23H26N4O3S. The molecule has 8 heteroatoms. The molecule has 1 atom stereocenters. The molecule has 2 saturated heterocycles. The first-order valence-electron chi connectivity index (χ1n) is 10.4. The topological polar surface area (TPSA) is 90.5 Å². The summed E-state index contributed by atoms with van der Waals surface area (Å²) in [4.78, 5) is 39.7. The lowest BCUT2D eigenvalue weighted by molar-refractivity contribution is -0.122. The van der Waals surface area contributed by atoms with Gasteiger partial charge in [-0.05, 0) is 62.6 Å². The number of carbonyl (C=O) groups is 3. The second-order valence-corrected chi connectivity index (χ2v) is 9.19. The van der Waals surface area contributed by atoms with Crippen LogP contribution < -0.4 is 20.9 Å². The number of benzene rings is 2. The van der Waals surface area contributed by atoms with E-state index in [0.29, 0.717) is 11.3 Å². The molecular weight excluding hydrogens is 412 g/mol. The van der Waals surface area contributed by atoms with Gasteiger partial charge in [-0.3, -0.25) is 14.9 Å². The largest absolute Gasteiger partial charge is 0.372 e. The fraction of sp³-hybridized carbons (Fsp3) is 0.348. The van der Waals surface area contributed by atoms with Crippen molar-refractivity contribution < 1.29 is 14.4 Å². The van der Waals surface area contributed by atoms with E-state index < -0.39 is 11.6 Å². The Labute approximate surface area is 186 Å². The maximum atomic E-state index is 13.0. The first-order valence-corrected chi connectivity index (χ1v) is 11.4. The van der Waals surface area contributed by atoms with Crippen molar-refractivity contribution in [1.29, 1.82) is 0 Å². The summed E-state index contributed by atoms with van der Waals surface area (Å²) in [5, 5.41) is 7.93. The summed E-state index contributed by atoms with van der Waals surface area (Å²) in [6, 6.07) is 12.9. The van der Waals surface area contributed by atoms with Crippen LogP contribution in [0.25, 0.3) is 0 Å². The van der Waals surface area contributed by atoms with Gasteiger partial charge < -0.3 is 15.5 Å². The van der Waals surface area contributed by atoms with Crippen LogP contribution in [0.4, 0.5) is 16.2 Å². The Morgan fingerprint density at radius 2 is 1.90 bits per heavy atom. The number of anilines is 2. The second kappa shape index (κ2) is 8.63. The van der Waals surface area contributed by atoms with E-state index in [1.165, 1.54) is 30.3 Å². The number of imide groups is 1. The fourth-order valence-electron chi connectivity index (χ4n) is 3.83. The van der Waals surface area contributed by atoms with Gasteiger partial charge in [-0.1, -0.05) is 12.1 Å². The zero-order valence-corrected chi connectivity index (χ0v) is 18.5. The normalized spacial score (nSPS) is 20.5. The molecule has 0 radical (unpaired) electrons. The predicted octanol–water partition coefficient (Wildman–Crippen LogP) is 3.54. The molecule has 3 N–H and O–H groups in total. The maximum absolute atomic E-state index is 13.0. The summed E-state index contributed by atoms with van der Waals surface area (Å²) < 4.78 is 0. The quantitative estimate of drug-likeness (QED) is 0.474. The van der Waals surface area contributed by atoms with Crippen LogP contribution in [0.3, 0.4) is 0 Å². The van der Waals surface area contributed by atoms with Gasteiger partial charge in [0, 0.05) is 35.1 Å². The molecule has 2 heterocycles. The molecule has 0 aromatic heterocycles. The van der Waals surface area contributed by atoms with Crippen molar-refractivity contribution in [2.24, 2.45) is 0 Å². The summed E-state index contributed by atoms with van der Waals surface area (Å²) in [6.07, 6.45) is 2.44. The minimum atomic E-state index is -1.01. The van der Waals surface area contributed by atoms with Crippen LogP contribution in [0.1, 0.15) is 35.7 Å². The lowest BCUT2D eigenvalue weighted by Gasteiger charge is -2.21. The molecule has 0 aliphatic carbocycles. The molecule has 2 fully saturated rings. The summed E-state index contributed by atoms with van der Waals surface area (Å²) in [5.74, 6) is -0.246. The van der Waals surface area contributed by atoms with Crippen molar-refractivity contribution in [1.82, 2.24) is 10.6 Å². The van der Waals surface area contributed by atoms with E-state index in [4.69, 9.17) is 0 Å². The number of thioether (sulfide) groups is 1. The Morgan fingerprint density at radius 3 is 2.58 bits per heavy atom. The third kappa shape index (κ3) is 4.54. The van der Waals surface area contributed by atoms with E-state index in [-0.39, 0.29) is 11.8 Å². The first kappa shape index (κ1) is 21.2. The molecule has 162 valence electrons. The highest BCUT2D eigenvalue weighted by Crippen LogP contribution is 2.29. The molecule has 0 unspecified atom stereocenters. The number of nitrogens with one attached hydrogen (secondary N) is 3. The molecule has 2 aromatic rings. The van der Waals surface area contributed by atoms with Gasteiger partial charge in [0.25, 0.3) is 11.8 Å². The van der Waals surface area contributed by atoms with Crippen molar-refractivity contribution >= 4 is 41.0 Å². The van der Waals surface area contributed by atoms with E-state index in [2.05, 4.69) is 33.0 Å². The lowest BCUT2D eigenvalue weighted by Crippen LogP contribution is -2.46. The van der Waals surface area contributed by atoms with Crippen LogP contribution in [0.5, 0.6) is 0 Å². The number of nitrogens with zero attached hydrogens (tertiary/aromatic N) is 1. The smallest absolute Gasteiger partial charge is 0.322 e. The van der Waals surface area contributed by atoms with Crippen LogP contribution in [-0.2, 0) is 4.79 Å². The highest BCUT2D eigenvalue weighted by Gasteiger charge is 2.41. The van der Waals surface area contributed by atoms with Gasteiger partial charge in [0.05, 0.1) is 5.56 Å². The number of rotatable bonds is 6. The molecule has 4 rings (SSSR count).